The first-order valence-electron chi connectivity index (χ1n) is 8.33. The van der Waals surface area contributed by atoms with Gasteiger partial charge in [0, 0.05) is 38.7 Å². The van der Waals surface area contributed by atoms with Gasteiger partial charge in [0.2, 0.25) is 5.91 Å². The summed E-state index contributed by atoms with van der Waals surface area (Å²) < 4.78 is 11.4. The SMILES string of the molecule is CCCCCOCCN1CCO[C@H](CNC(=O)C(C)C)C1. The fourth-order valence-corrected chi connectivity index (χ4v) is 2.28. The van der Waals surface area contributed by atoms with E-state index in [2.05, 4.69) is 17.1 Å². The smallest absolute Gasteiger partial charge is 0.222 e. The van der Waals surface area contributed by atoms with E-state index in [0.29, 0.717) is 6.54 Å². The molecule has 1 N–H and O–H groups in total. The molecule has 0 spiro atoms. The van der Waals surface area contributed by atoms with Crippen LogP contribution in [0.15, 0.2) is 0 Å². The summed E-state index contributed by atoms with van der Waals surface area (Å²) in [6.07, 6.45) is 3.73. The van der Waals surface area contributed by atoms with Gasteiger partial charge in [-0.15, -0.1) is 0 Å². The molecule has 0 saturated carbocycles. The Kier molecular flexibility index (Phi) is 9.63. The molecule has 1 aliphatic rings. The summed E-state index contributed by atoms with van der Waals surface area (Å²) in [6.45, 7) is 11.8. The third kappa shape index (κ3) is 8.39. The maximum Gasteiger partial charge on any atom is 0.222 e. The monoisotopic (exact) mass is 300 g/mol. The molecule has 1 aliphatic heterocycles. The first kappa shape index (κ1) is 18.4. The largest absolute Gasteiger partial charge is 0.380 e. The third-order valence-corrected chi connectivity index (χ3v) is 3.70. The van der Waals surface area contributed by atoms with Crippen molar-refractivity contribution in [1.29, 1.82) is 0 Å². The van der Waals surface area contributed by atoms with Crippen LogP contribution >= 0.6 is 0 Å². The Labute approximate surface area is 129 Å². The quantitative estimate of drug-likeness (QED) is 0.624. The van der Waals surface area contributed by atoms with Crippen molar-refractivity contribution in [1.82, 2.24) is 10.2 Å². The van der Waals surface area contributed by atoms with Crippen molar-refractivity contribution in [2.45, 2.75) is 46.1 Å². The Morgan fingerprint density at radius 1 is 1.38 bits per heavy atom. The Bertz CT molecular complexity index is 285. The summed E-state index contributed by atoms with van der Waals surface area (Å²) in [5, 5.41) is 2.94. The van der Waals surface area contributed by atoms with Crippen molar-refractivity contribution >= 4 is 5.91 Å². The molecule has 0 unspecified atom stereocenters. The highest BCUT2D eigenvalue weighted by atomic mass is 16.5. The number of carbonyl (C=O) groups is 1. The fourth-order valence-electron chi connectivity index (χ4n) is 2.28. The maximum absolute atomic E-state index is 11.6. The van der Waals surface area contributed by atoms with Crippen molar-refractivity contribution in [3.05, 3.63) is 0 Å². The number of nitrogens with zero attached hydrogens (tertiary/aromatic N) is 1. The van der Waals surface area contributed by atoms with Gasteiger partial charge in [-0.25, -0.2) is 0 Å². The van der Waals surface area contributed by atoms with Crippen molar-refractivity contribution in [3.8, 4) is 0 Å². The second-order valence-corrected chi connectivity index (χ2v) is 6.01. The first-order valence-corrected chi connectivity index (χ1v) is 8.33. The Morgan fingerprint density at radius 2 is 2.19 bits per heavy atom. The molecule has 1 fully saturated rings. The van der Waals surface area contributed by atoms with Crippen LogP contribution in [0.4, 0.5) is 0 Å². The molecule has 0 aliphatic carbocycles. The highest BCUT2D eigenvalue weighted by molar-refractivity contribution is 5.77. The minimum absolute atomic E-state index is 0.0289. The van der Waals surface area contributed by atoms with Gasteiger partial charge in [-0.1, -0.05) is 33.6 Å². The van der Waals surface area contributed by atoms with E-state index in [-0.39, 0.29) is 17.9 Å². The number of unbranched alkanes of at least 4 members (excludes halogenated alkanes) is 2. The Balaban J connectivity index is 2.10. The van der Waals surface area contributed by atoms with E-state index in [1.54, 1.807) is 0 Å². The second kappa shape index (κ2) is 11.0. The van der Waals surface area contributed by atoms with Crippen LogP contribution in [-0.2, 0) is 14.3 Å². The lowest BCUT2D eigenvalue weighted by Crippen LogP contribution is -2.48. The van der Waals surface area contributed by atoms with Crippen LogP contribution in [0.2, 0.25) is 0 Å². The maximum atomic E-state index is 11.6. The summed E-state index contributed by atoms with van der Waals surface area (Å²) in [6, 6.07) is 0. The molecule has 0 bridgehead atoms. The summed E-state index contributed by atoms with van der Waals surface area (Å²) in [5.41, 5.74) is 0. The molecule has 1 rings (SSSR count). The van der Waals surface area contributed by atoms with Gasteiger partial charge >= 0.3 is 0 Å². The highest BCUT2D eigenvalue weighted by Gasteiger charge is 2.21. The number of rotatable bonds is 10. The zero-order valence-corrected chi connectivity index (χ0v) is 13.9. The van der Waals surface area contributed by atoms with E-state index in [9.17, 15) is 4.79 Å². The van der Waals surface area contributed by atoms with E-state index < -0.39 is 0 Å². The predicted molar refractivity (Wildman–Crippen MR) is 84.4 cm³/mol. The molecule has 1 atom stereocenters. The van der Waals surface area contributed by atoms with Gasteiger partial charge in [-0.3, -0.25) is 9.69 Å². The minimum Gasteiger partial charge on any atom is -0.380 e. The number of amides is 1. The number of nitrogens with one attached hydrogen (secondary N) is 1. The average molecular weight is 300 g/mol. The molecule has 1 saturated heterocycles. The highest BCUT2D eigenvalue weighted by Crippen LogP contribution is 2.05. The van der Waals surface area contributed by atoms with Crippen molar-refractivity contribution in [2.75, 3.05) is 46.0 Å². The lowest BCUT2D eigenvalue weighted by Gasteiger charge is -2.33. The number of morpholine rings is 1. The molecule has 1 amide bonds. The molecular weight excluding hydrogens is 268 g/mol. The Morgan fingerprint density at radius 3 is 2.90 bits per heavy atom. The van der Waals surface area contributed by atoms with Crippen LogP contribution in [0.1, 0.15) is 40.0 Å². The molecule has 0 aromatic heterocycles. The van der Waals surface area contributed by atoms with E-state index in [1.807, 2.05) is 13.8 Å². The van der Waals surface area contributed by atoms with Crippen molar-refractivity contribution < 1.29 is 14.3 Å². The molecule has 1 heterocycles. The summed E-state index contributed by atoms with van der Waals surface area (Å²) in [5.74, 6) is 0.121. The van der Waals surface area contributed by atoms with Gasteiger partial charge in [0.15, 0.2) is 0 Å². The molecule has 5 heteroatoms. The van der Waals surface area contributed by atoms with Crippen LogP contribution in [0, 0.1) is 5.92 Å². The molecule has 124 valence electrons. The summed E-state index contributed by atoms with van der Waals surface area (Å²) in [7, 11) is 0. The van der Waals surface area contributed by atoms with Gasteiger partial charge < -0.3 is 14.8 Å². The van der Waals surface area contributed by atoms with E-state index in [1.165, 1.54) is 12.8 Å². The molecule has 0 aromatic rings. The normalized spacial score (nSPS) is 19.9. The minimum atomic E-state index is 0.0289. The average Bonchev–Trinajstić information content (AvgIpc) is 2.48. The van der Waals surface area contributed by atoms with Crippen LogP contribution in [0.5, 0.6) is 0 Å². The van der Waals surface area contributed by atoms with Crippen LogP contribution < -0.4 is 5.32 Å². The summed E-state index contributed by atoms with van der Waals surface area (Å²) >= 11 is 0. The molecule has 0 aromatic carbocycles. The van der Waals surface area contributed by atoms with Crippen molar-refractivity contribution in [3.63, 3.8) is 0 Å². The second-order valence-electron chi connectivity index (χ2n) is 6.01. The lowest BCUT2D eigenvalue weighted by atomic mass is 10.2. The molecule has 21 heavy (non-hydrogen) atoms. The molecular formula is C16H32N2O3. The van der Waals surface area contributed by atoms with Gasteiger partial charge in [-0.2, -0.15) is 0 Å². The molecule has 5 nitrogen and oxygen atoms in total. The molecule has 0 radical (unpaired) electrons. The zero-order chi connectivity index (χ0) is 15.5. The van der Waals surface area contributed by atoms with Crippen LogP contribution in [-0.4, -0.2) is 62.9 Å². The van der Waals surface area contributed by atoms with Gasteiger partial charge in [0.1, 0.15) is 0 Å². The fraction of sp³-hybridized carbons (Fsp3) is 0.938. The van der Waals surface area contributed by atoms with Gasteiger partial charge in [-0.05, 0) is 6.42 Å². The zero-order valence-electron chi connectivity index (χ0n) is 13.9. The summed E-state index contributed by atoms with van der Waals surface area (Å²) in [4.78, 5) is 13.9. The number of carbonyl (C=O) groups excluding carboxylic acids is 1. The van der Waals surface area contributed by atoms with E-state index >= 15 is 0 Å². The van der Waals surface area contributed by atoms with E-state index in [0.717, 1.165) is 45.9 Å². The first-order chi connectivity index (χ1) is 10.1. The Hall–Kier alpha value is -0.650. The number of hydrogen-bond donors (Lipinski definition) is 1. The number of ether oxygens (including phenoxy) is 2. The topological polar surface area (TPSA) is 50.8 Å². The number of hydrogen-bond acceptors (Lipinski definition) is 4. The van der Waals surface area contributed by atoms with Gasteiger partial charge in [0.25, 0.3) is 0 Å². The van der Waals surface area contributed by atoms with E-state index in [4.69, 9.17) is 9.47 Å². The predicted octanol–water partition coefficient (Wildman–Crippen LogP) is 1.67. The van der Waals surface area contributed by atoms with Crippen LogP contribution in [0.3, 0.4) is 0 Å². The third-order valence-electron chi connectivity index (χ3n) is 3.70. The van der Waals surface area contributed by atoms with Crippen molar-refractivity contribution in [2.24, 2.45) is 5.92 Å². The lowest BCUT2D eigenvalue weighted by molar-refractivity contribution is -0.125. The van der Waals surface area contributed by atoms with Crippen LogP contribution in [0.25, 0.3) is 0 Å². The standard InChI is InChI=1S/C16H32N2O3/c1-4-5-6-9-20-10-7-18-8-11-21-15(13-18)12-17-16(19)14(2)3/h14-15H,4-13H2,1-3H3,(H,17,19)/t15-/m1/s1. The van der Waals surface area contributed by atoms with Gasteiger partial charge in [0.05, 0.1) is 19.3 Å².